The predicted molar refractivity (Wildman–Crippen MR) is 84.1 cm³/mol. The summed E-state index contributed by atoms with van der Waals surface area (Å²) >= 11 is 0. The zero-order chi connectivity index (χ0) is 15.4. The van der Waals surface area contributed by atoms with E-state index in [-0.39, 0.29) is 6.79 Å². The van der Waals surface area contributed by atoms with Crippen molar-refractivity contribution in [2.45, 2.75) is 58.7 Å². The van der Waals surface area contributed by atoms with Gasteiger partial charge >= 0.3 is 5.97 Å². The predicted octanol–water partition coefficient (Wildman–Crippen LogP) is 3.88. The summed E-state index contributed by atoms with van der Waals surface area (Å²) in [5.74, 6) is -0.404. The Labute approximate surface area is 124 Å². The summed E-state index contributed by atoms with van der Waals surface area (Å²) in [5.41, 5.74) is 0.391. The van der Waals surface area contributed by atoms with Crippen molar-refractivity contribution < 1.29 is 18.7 Å². The van der Waals surface area contributed by atoms with Gasteiger partial charge in [0.1, 0.15) is 0 Å². The highest BCUT2D eigenvalue weighted by atomic mass is 28.4. The maximum atomic E-state index is 11.1. The lowest BCUT2D eigenvalue weighted by atomic mass is 10.3. The van der Waals surface area contributed by atoms with Crippen molar-refractivity contribution in [1.29, 1.82) is 0 Å². The summed E-state index contributed by atoms with van der Waals surface area (Å²) in [5, 5.41) is 0. The number of hydrogen-bond acceptors (Lipinski definition) is 4. The fourth-order valence-electron chi connectivity index (χ4n) is 1.65. The lowest BCUT2D eigenvalue weighted by Gasteiger charge is -2.22. The molecular formula is C15H30O4Si. The summed E-state index contributed by atoms with van der Waals surface area (Å²) in [6, 6.07) is 1.06. The third-order valence-corrected chi connectivity index (χ3v) is 5.47. The summed E-state index contributed by atoms with van der Waals surface area (Å²) in [7, 11) is -1.56. The van der Waals surface area contributed by atoms with Gasteiger partial charge < -0.3 is 13.9 Å². The van der Waals surface area contributed by atoms with Crippen molar-refractivity contribution >= 4 is 14.3 Å². The van der Waals surface area contributed by atoms with E-state index < -0.39 is 14.3 Å². The van der Waals surface area contributed by atoms with Crippen LogP contribution in [0.15, 0.2) is 12.2 Å². The molecule has 5 heteroatoms. The summed E-state index contributed by atoms with van der Waals surface area (Å²) in [6.45, 7) is 13.3. The van der Waals surface area contributed by atoms with Gasteiger partial charge in [-0.25, -0.2) is 4.79 Å². The van der Waals surface area contributed by atoms with Crippen molar-refractivity contribution in [2.75, 3.05) is 20.0 Å². The number of unbranched alkanes of at least 4 members (excludes halogenated alkanes) is 2. The molecule has 0 spiro atoms. The molecular weight excluding hydrogens is 272 g/mol. The molecule has 0 atom stereocenters. The van der Waals surface area contributed by atoms with Gasteiger partial charge in [-0.1, -0.05) is 26.3 Å². The van der Waals surface area contributed by atoms with Gasteiger partial charge in [-0.3, -0.25) is 0 Å². The molecule has 0 aromatic carbocycles. The number of rotatable bonds is 12. The third-order valence-electron chi connectivity index (χ3n) is 2.93. The molecule has 0 aliphatic rings. The molecule has 0 amide bonds. The molecule has 0 bridgehead atoms. The molecule has 0 unspecified atom stereocenters. The van der Waals surface area contributed by atoms with Crippen LogP contribution in [0.3, 0.4) is 0 Å². The molecule has 0 rings (SSSR count). The Morgan fingerprint density at radius 2 is 1.85 bits per heavy atom. The summed E-state index contributed by atoms with van der Waals surface area (Å²) in [4.78, 5) is 11.1. The van der Waals surface area contributed by atoms with Gasteiger partial charge in [0.15, 0.2) is 15.1 Å². The van der Waals surface area contributed by atoms with E-state index in [1.54, 1.807) is 6.92 Å². The Bertz CT molecular complexity index is 290. The number of carbonyl (C=O) groups excluding carboxylic acids is 1. The standard InChI is InChI=1S/C15H30O4Si/c1-6-7-8-11-19-20(4,5)12-9-10-17-13-18-15(16)14(2)3/h2,6-13H2,1,3-5H3. The maximum Gasteiger partial charge on any atom is 0.335 e. The zero-order valence-electron chi connectivity index (χ0n) is 13.5. The van der Waals surface area contributed by atoms with E-state index >= 15 is 0 Å². The molecule has 0 aliphatic heterocycles. The van der Waals surface area contributed by atoms with Gasteiger partial charge in [-0.15, -0.1) is 0 Å². The fraction of sp³-hybridized carbons (Fsp3) is 0.800. The smallest absolute Gasteiger partial charge is 0.335 e. The average molecular weight is 302 g/mol. The van der Waals surface area contributed by atoms with Crippen LogP contribution in [-0.2, 0) is 18.7 Å². The first kappa shape index (κ1) is 19.3. The number of carbonyl (C=O) groups is 1. The lowest BCUT2D eigenvalue weighted by molar-refractivity contribution is -0.151. The van der Waals surface area contributed by atoms with Crippen LogP contribution in [0, 0.1) is 0 Å². The minimum absolute atomic E-state index is 0.00499. The Morgan fingerprint density at radius 1 is 1.15 bits per heavy atom. The van der Waals surface area contributed by atoms with Crippen molar-refractivity contribution in [3.63, 3.8) is 0 Å². The zero-order valence-corrected chi connectivity index (χ0v) is 14.5. The van der Waals surface area contributed by atoms with Gasteiger partial charge in [0.2, 0.25) is 0 Å². The summed E-state index contributed by atoms with van der Waals surface area (Å²) in [6.07, 6.45) is 4.56. The normalized spacial score (nSPS) is 11.4. The Kier molecular flexibility index (Phi) is 10.7. The highest BCUT2D eigenvalue weighted by Crippen LogP contribution is 2.14. The van der Waals surface area contributed by atoms with Crippen molar-refractivity contribution in [2.24, 2.45) is 0 Å². The van der Waals surface area contributed by atoms with Crippen LogP contribution in [0.2, 0.25) is 19.1 Å². The van der Waals surface area contributed by atoms with Gasteiger partial charge in [-0.05, 0) is 38.9 Å². The second-order valence-corrected chi connectivity index (χ2v) is 9.97. The lowest BCUT2D eigenvalue weighted by Crippen LogP contribution is -2.31. The summed E-state index contributed by atoms with van der Waals surface area (Å²) < 4.78 is 16.1. The van der Waals surface area contributed by atoms with Crippen LogP contribution < -0.4 is 0 Å². The van der Waals surface area contributed by atoms with Crippen LogP contribution in [0.1, 0.15) is 39.5 Å². The molecule has 0 aromatic heterocycles. The molecule has 118 valence electrons. The molecule has 0 saturated carbocycles. The Morgan fingerprint density at radius 3 is 2.45 bits per heavy atom. The highest BCUT2D eigenvalue weighted by Gasteiger charge is 2.21. The first-order valence-electron chi connectivity index (χ1n) is 7.43. The van der Waals surface area contributed by atoms with E-state index in [0.717, 1.165) is 25.5 Å². The van der Waals surface area contributed by atoms with Gasteiger partial charge in [0, 0.05) is 12.2 Å². The highest BCUT2D eigenvalue weighted by molar-refractivity contribution is 6.71. The van der Waals surface area contributed by atoms with Crippen molar-refractivity contribution in [3.8, 4) is 0 Å². The van der Waals surface area contributed by atoms with E-state index in [0.29, 0.717) is 12.2 Å². The minimum atomic E-state index is -1.56. The van der Waals surface area contributed by atoms with Crippen LogP contribution >= 0.6 is 0 Å². The van der Waals surface area contributed by atoms with Crippen LogP contribution in [0.4, 0.5) is 0 Å². The first-order chi connectivity index (χ1) is 9.39. The van der Waals surface area contributed by atoms with E-state index in [4.69, 9.17) is 13.9 Å². The Hall–Kier alpha value is -0.653. The second kappa shape index (κ2) is 11.1. The largest absolute Gasteiger partial charge is 0.435 e. The van der Waals surface area contributed by atoms with Crippen LogP contribution in [0.25, 0.3) is 0 Å². The number of hydrogen-bond donors (Lipinski definition) is 0. The van der Waals surface area contributed by atoms with Gasteiger partial charge in [0.25, 0.3) is 0 Å². The van der Waals surface area contributed by atoms with E-state index in [2.05, 4.69) is 26.6 Å². The molecule has 4 nitrogen and oxygen atoms in total. The van der Waals surface area contributed by atoms with Crippen molar-refractivity contribution in [3.05, 3.63) is 12.2 Å². The maximum absolute atomic E-state index is 11.1. The first-order valence-corrected chi connectivity index (χ1v) is 10.5. The third kappa shape index (κ3) is 11.2. The minimum Gasteiger partial charge on any atom is -0.435 e. The molecule has 0 aromatic rings. The second-order valence-electron chi connectivity index (χ2n) is 5.66. The van der Waals surface area contributed by atoms with Crippen LogP contribution in [-0.4, -0.2) is 34.3 Å². The molecule has 20 heavy (non-hydrogen) atoms. The molecule has 0 N–H and O–H groups in total. The number of ether oxygens (including phenoxy) is 2. The molecule has 0 saturated heterocycles. The van der Waals surface area contributed by atoms with E-state index in [9.17, 15) is 4.79 Å². The topological polar surface area (TPSA) is 44.8 Å². The van der Waals surface area contributed by atoms with Crippen LogP contribution in [0.5, 0.6) is 0 Å². The van der Waals surface area contributed by atoms with Gasteiger partial charge in [-0.2, -0.15) is 0 Å². The van der Waals surface area contributed by atoms with E-state index in [1.807, 2.05) is 0 Å². The molecule has 0 heterocycles. The van der Waals surface area contributed by atoms with E-state index in [1.165, 1.54) is 12.8 Å². The van der Waals surface area contributed by atoms with Gasteiger partial charge in [0.05, 0.1) is 6.61 Å². The van der Waals surface area contributed by atoms with Crippen molar-refractivity contribution in [1.82, 2.24) is 0 Å². The SMILES string of the molecule is C=C(C)C(=O)OCOCCC[Si](C)(C)OCCCCC. The molecule has 0 aliphatic carbocycles. The quantitative estimate of drug-likeness (QED) is 0.180. The monoisotopic (exact) mass is 302 g/mol. The fourth-order valence-corrected chi connectivity index (χ4v) is 3.49. The number of esters is 1. The molecule has 0 fully saturated rings. The average Bonchev–Trinajstić information content (AvgIpc) is 2.38. The molecule has 0 radical (unpaired) electrons. The Balaban J connectivity index is 3.52.